The maximum Gasteiger partial charge on any atom is 0.227 e. The second-order valence-electron chi connectivity index (χ2n) is 8.05. The zero-order valence-electron chi connectivity index (χ0n) is 16.3. The van der Waals surface area contributed by atoms with Crippen LogP contribution in [0.25, 0.3) is 0 Å². The van der Waals surface area contributed by atoms with E-state index < -0.39 is 0 Å². The van der Waals surface area contributed by atoms with Gasteiger partial charge in [0.05, 0.1) is 0 Å². The molecule has 148 valence electrons. The van der Waals surface area contributed by atoms with Gasteiger partial charge in [0.1, 0.15) is 0 Å². The molecule has 0 spiro atoms. The molecule has 0 aromatic heterocycles. The first kappa shape index (κ1) is 19.9. The Bertz CT molecular complexity index is 636. The van der Waals surface area contributed by atoms with E-state index in [2.05, 4.69) is 5.32 Å². The summed E-state index contributed by atoms with van der Waals surface area (Å²) < 4.78 is 0. The molecule has 0 radical (unpaired) electrons. The predicted molar refractivity (Wildman–Crippen MR) is 108 cm³/mol. The number of benzene rings is 1. The Morgan fingerprint density at radius 1 is 1.04 bits per heavy atom. The average molecular weight is 372 g/mol. The number of carbonyl (C=O) groups excluding carboxylic acids is 2. The highest BCUT2D eigenvalue weighted by molar-refractivity contribution is 5.93. The van der Waals surface area contributed by atoms with Crippen molar-refractivity contribution in [2.75, 3.05) is 18.4 Å². The number of nitrogens with one attached hydrogen (secondary N) is 1. The highest BCUT2D eigenvalue weighted by Gasteiger charge is 2.27. The van der Waals surface area contributed by atoms with Gasteiger partial charge < -0.3 is 16.0 Å². The average Bonchev–Trinajstić information content (AvgIpc) is 2.64. The van der Waals surface area contributed by atoms with E-state index in [1.807, 2.05) is 29.2 Å². The number of hydrogen-bond acceptors (Lipinski definition) is 3. The number of anilines is 1. The van der Waals surface area contributed by atoms with Crippen molar-refractivity contribution in [1.82, 2.24) is 4.90 Å². The Morgan fingerprint density at radius 3 is 2.44 bits per heavy atom. The van der Waals surface area contributed by atoms with Crippen molar-refractivity contribution in [2.24, 2.45) is 17.6 Å². The van der Waals surface area contributed by atoms with E-state index in [0.29, 0.717) is 19.6 Å². The van der Waals surface area contributed by atoms with Gasteiger partial charge in [-0.25, -0.2) is 0 Å². The minimum Gasteiger partial charge on any atom is -0.338 e. The standard InChI is InChI=1S/C22H33N3O2/c23-13-6-14-25(22(27)19-8-2-1-3-9-19)16-17-7-4-12-20(15-17)24-21(26)18-10-5-11-18/h4,7,12,15,18-19H,1-3,5-6,8-11,13-14,16,23H2,(H,24,26). The lowest BCUT2D eigenvalue weighted by Gasteiger charge is -2.29. The fraction of sp³-hybridized carbons (Fsp3) is 0.636. The van der Waals surface area contributed by atoms with Gasteiger partial charge >= 0.3 is 0 Å². The molecule has 0 unspecified atom stereocenters. The Kier molecular flexibility index (Phi) is 7.27. The van der Waals surface area contributed by atoms with E-state index in [-0.39, 0.29) is 23.7 Å². The normalized spacial score (nSPS) is 18.0. The zero-order valence-corrected chi connectivity index (χ0v) is 16.3. The molecule has 1 aromatic carbocycles. The van der Waals surface area contributed by atoms with Gasteiger partial charge in [-0.1, -0.05) is 37.8 Å². The minimum absolute atomic E-state index is 0.122. The highest BCUT2D eigenvalue weighted by atomic mass is 16.2. The molecular formula is C22H33N3O2. The van der Waals surface area contributed by atoms with Crippen LogP contribution in [-0.4, -0.2) is 29.8 Å². The van der Waals surface area contributed by atoms with E-state index in [0.717, 1.165) is 62.6 Å². The Labute approximate surface area is 162 Å². The summed E-state index contributed by atoms with van der Waals surface area (Å²) in [5.41, 5.74) is 7.57. The zero-order chi connectivity index (χ0) is 19.1. The van der Waals surface area contributed by atoms with Gasteiger partial charge in [-0.05, 0) is 56.3 Å². The molecule has 2 aliphatic carbocycles. The van der Waals surface area contributed by atoms with Crippen molar-refractivity contribution in [3.63, 3.8) is 0 Å². The first-order valence-corrected chi connectivity index (χ1v) is 10.6. The van der Waals surface area contributed by atoms with Gasteiger partial charge in [-0.2, -0.15) is 0 Å². The molecule has 1 aromatic rings. The summed E-state index contributed by atoms with van der Waals surface area (Å²) >= 11 is 0. The van der Waals surface area contributed by atoms with Crippen LogP contribution in [-0.2, 0) is 16.1 Å². The van der Waals surface area contributed by atoms with Crippen LogP contribution in [0.15, 0.2) is 24.3 Å². The molecule has 5 heteroatoms. The molecular weight excluding hydrogens is 338 g/mol. The van der Waals surface area contributed by atoms with Gasteiger partial charge in [0.2, 0.25) is 11.8 Å². The van der Waals surface area contributed by atoms with E-state index in [9.17, 15) is 9.59 Å². The van der Waals surface area contributed by atoms with Crippen LogP contribution in [0.5, 0.6) is 0 Å². The number of carbonyl (C=O) groups is 2. The number of nitrogens with zero attached hydrogens (tertiary/aromatic N) is 1. The van der Waals surface area contributed by atoms with Crippen LogP contribution in [0.3, 0.4) is 0 Å². The van der Waals surface area contributed by atoms with Crippen molar-refractivity contribution < 1.29 is 9.59 Å². The van der Waals surface area contributed by atoms with Crippen molar-refractivity contribution in [1.29, 1.82) is 0 Å². The molecule has 2 saturated carbocycles. The summed E-state index contributed by atoms with van der Waals surface area (Å²) in [7, 11) is 0. The topological polar surface area (TPSA) is 75.4 Å². The Hall–Kier alpha value is -1.88. The van der Waals surface area contributed by atoms with Gasteiger partial charge in [0, 0.05) is 30.6 Å². The van der Waals surface area contributed by atoms with Gasteiger partial charge in [-0.15, -0.1) is 0 Å². The molecule has 2 aliphatic rings. The number of rotatable bonds is 8. The second-order valence-corrected chi connectivity index (χ2v) is 8.05. The third-order valence-corrected chi connectivity index (χ3v) is 5.94. The van der Waals surface area contributed by atoms with Crippen molar-refractivity contribution >= 4 is 17.5 Å². The van der Waals surface area contributed by atoms with Gasteiger partial charge in [-0.3, -0.25) is 9.59 Å². The van der Waals surface area contributed by atoms with Gasteiger partial charge in [0.15, 0.2) is 0 Å². The number of nitrogens with two attached hydrogens (primary N) is 1. The molecule has 0 aliphatic heterocycles. The minimum atomic E-state index is 0.122. The van der Waals surface area contributed by atoms with E-state index in [1.54, 1.807) is 0 Å². The molecule has 3 N–H and O–H groups in total. The summed E-state index contributed by atoms with van der Waals surface area (Å²) in [5.74, 6) is 0.726. The SMILES string of the molecule is NCCCN(Cc1cccc(NC(=O)C2CCC2)c1)C(=O)C1CCCCC1. The summed E-state index contributed by atoms with van der Waals surface area (Å²) in [6.45, 7) is 1.87. The predicted octanol–water partition coefficient (Wildman–Crippen LogP) is 3.68. The van der Waals surface area contributed by atoms with Crippen LogP contribution in [0, 0.1) is 11.8 Å². The summed E-state index contributed by atoms with van der Waals surface area (Å²) in [4.78, 5) is 27.2. The lowest BCUT2D eigenvalue weighted by molar-refractivity contribution is -0.137. The molecule has 5 nitrogen and oxygen atoms in total. The molecule has 0 heterocycles. The third-order valence-electron chi connectivity index (χ3n) is 5.94. The lowest BCUT2D eigenvalue weighted by atomic mass is 9.85. The van der Waals surface area contributed by atoms with Crippen molar-refractivity contribution in [3.05, 3.63) is 29.8 Å². The fourth-order valence-corrected chi connectivity index (χ4v) is 4.04. The molecule has 3 rings (SSSR count). The first-order valence-electron chi connectivity index (χ1n) is 10.6. The summed E-state index contributed by atoms with van der Waals surface area (Å²) in [6, 6.07) is 7.91. The largest absolute Gasteiger partial charge is 0.338 e. The van der Waals surface area contributed by atoms with Gasteiger partial charge in [0.25, 0.3) is 0 Å². The van der Waals surface area contributed by atoms with E-state index in [4.69, 9.17) is 5.73 Å². The number of amides is 2. The second kappa shape index (κ2) is 9.88. The Morgan fingerprint density at radius 2 is 1.78 bits per heavy atom. The van der Waals surface area contributed by atoms with Crippen LogP contribution in [0.4, 0.5) is 5.69 Å². The number of hydrogen-bond donors (Lipinski definition) is 2. The molecule has 0 saturated heterocycles. The van der Waals surface area contributed by atoms with Crippen LogP contribution >= 0.6 is 0 Å². The maximum atomic E-state index is 13.0. The van der Waals surface area contributed by atoms with Crippen LogP contribution in [0.1, 0.15) is 63.4 Å². The van der Waals surface area contributed by atoms with Crippen LogP contribution < -0.4 is 11.1 Å². The van der Waals surface area contributed by atoms with Crippen LogP contribution in [0.2, 0.25) is 0 Å². The molecule has 27 heavy (non-hydrogen) atoms. The maximum absolute atomic E-state index is 13.0. The molecule has 0 atom stereocenters. The lowest BCUT2D eigenvalue weighted by Crippen LogP contribution is -2.38. The van der Waals surface area contributed by atoms with Crippen molar-refractivity contribution in [2.45, 2.75) is 64.3 Å². The molecule has 0 bridgehead atoms. The highest BCUT2D eigenvalue weighted by Crippen LogP contribution is 2.28. The molecule has 2 amide bonds. The monoisotopic (exact) mass is 371 g/mol. The quantitative estimate of drug-likeness (QED) is 0.732. The Balaban J connectivity index is 1.64. The first-order chi connectivity index (χ1) is 13.2. The fourth-order valence-electron chi connectivity index (χ4n) is 4.04. The van der Waals surface area contributed by atoms with E-state index >= 15 is 0 Å². The van der Waals surface area contributed by atoms with Crippen molar-refractivity contribution in [3.8, 4) is 0 Å². The van der Waals surface area contributed by atoms with E-state index in [1.165, 1.54) is 6.42 Å². The summed E-state index contributed by atoms with van der Waals surface area (Å²) in [6.07, 6.45) is 9.53. The third kappa shape index (κ3) is 5.55. The molecule has 2 fully saturated rings. The smallest absolute Gasteiger partial charge is 0.227 e. The summed E-state index contributed by atoms with van der Waals surface area (Å²) in [5, 5.41) is 3.03.